The maximum absolute atomic E-state index is 11.9. The van der Waals surface area contributed by atoms with Crippen molar-refractivity contribution in [1.82, 2.24) is 10.2 Å². The first-order valence-corrected chi connectivity index (χ1v) is 6.44. The van der Waals surface area contributed by atoms with E-state index < -0.39 is 0 Å². The second-order valence-electron chi connectivity index (χ2n) is 4.51. The van der Waals surface area contributed by atoms with Crippen LogP contribution in [0.5, 0.6) is 5.75 Å². The van der Waals surface area contributed by atoms with Gasteiger partial charge in [-0.05, 0) is 26.0 Å². The fraction of sp³-hybridized carbons (Fsp3) is 0.500. The van der Waals surface area contributed by atoms with Crippen molar-refractivity contribution in [3.05, 3.63) is 29.8 Å². The van der Waals surface area contributed by atoms with Gasteiger partial charge in [-0.1, -0.05) is 18.2 Å². The molecule has 1 aliphatic rings. The summed E-state index contributed by atoms with van der Waals surface area (Å²) in [5.41, 5.74) is 1.08. The number of benzene rings is 1. The van der Waals surface area contributed by atoms with Crippen LogP contribution in [0.25, 0.3) is 0 Å². The number of rotatable bonds is 5. The first-order valence-electron chi connectivity index (χ1n) is 6.44. The van der Waals surface area contributed by atoms with Gasteiger partial charge in [0.2, 0.25) is 0 Å². The molecule has 1 amide bonds. The Morgan fingerprint density at radius 1 is 1.33 bits per heavy atom. The highest BCUT2D eigenvalue weighted by molar-refractivity contribution is 5.78. The van der Waals surface area contributed by atoms with E-state index in [0.717, 1.165) is 43.8 Å². The molecular weight excluding hydrogens is 228 g/mol. The molecule has 98 valence electrons. The van der Waals surface area contributed by atoms with Crippen LogP contribution >= 0.6 is 0 Å². The number of carbonyl (C=O) groups excluding carboxylic acids is 1. The smallest absolute Gasteiger partial charge is 0.260 e. The summed E-state index contributed by atoms with van der Waals surface area (Å²) in [6.07, 6.45) is 2.23. The summed E-state index contributed by atoms with van der Waals surface area (Å²) in [6.45, 7) is 2.63. The van der Waals surface area contributed by atoms with Gasteiger partial charge in [0, 0.05) is 25.2 Å². The van der Waals surface area contributed by atoms with Crippen LogP contribution in [-0.2, 0) is 11.3 Å². The number of nitrogens with zero attached hydrogens (tertiary/aromatic N) is 1. The van der Waals surface area contributed by atoms with Gasteiger partial charge in [0.15, 0.2) is 6.61 Å². The van der Waals surface area contributed by atoms with Crippen LogP contribution in [0, 0.1) is 0 Å². The van der Waals surface area contributed by atoms with E-state index in [2.05, 4.69) is 5.32 Å². The molecule has 0 saturated carbocycles. The Hall–Kier alpha value is -1.55. The summed E-state index contributed by atoms with van der Waals surface area (Å²) in [7, 11) is 1.90. The minimum absolute atomic E-state index is 0.0896. The van der Waals surface area contributed by atoms with E-state index in [0.29, 0.717) is 0 Å². The summed E-state index contributed by atoms with van der Waals surface area (Å²) in [5, 5.41) is 3.09. The van der Waals surface area contributed by atoms with Crippen molar-refractivity contribution in [2.24, 2.45) is 0 Å². The van der Waals surface area contributed by atoms with Crippen molar-refractivity contribution in [3.63, 3.8) is 0 Å². The molecule has 0 atom stereocenters. The van der Waals surface area contributed by atoms with E-state index >= 15 is 0 Å². The number of nitrogens with one attached hydrogen (secondary N) is 1. The lowest BCUT2D eigenvalue weighted by Crippen LogP contribution is -2.32. The summed E-state index contributed by atoms with van der Waals surface area (Å²) < 4.78 is 5.63. The quantitative estimate of drug-likeness (QED) is 0.856. The zero-order valence-corrected chi connectivity index (χ0v) is 10.8. The van der Waals surface area contributed by atoms with Gasteiger partial charge in [-0.3, -0.25) is 4.79 Å². The van der Waals surface area contributed by atoms with Gasteiger partial charge in [-0.2, -0.15) is 0 Å². The van der Waals surface area contributed by atoms with E-state index in [4.69, 9.17) is 4.74 Å². The van der Waals surface area contributed by atoms with Crippen LogP contribution in [0.1, 0.15) is 18.4 Å². The fourth-order valence-electron chi connectivity index (χ4n) is 2.18. The molecule has 18 heavy (non-hydrogen) atoms. The molecule has 0 aromatic heterocycles. The predicted molar refractivity (Wildman–Crippen MR) is 70.5 cm³/mol. The van der Waals surface area contributed by atoms with Crippen LogP contribution in [0.4, 0.5) is 0 Å². The summed E-state index contributed by atoms with van der Waals surface area (Å²) >= 11 is 0. The molecule has 1 saturated heterocycles. The van der Waals surface area contributed by atoms with Gasteiger partial charge in [0.1, 0.15) is 5.75 Å². The summed E-state index contributed by atoms with van der Waals surface area (Å²) in [5.74, 6) is 0.881. The van der Waals surface area contributed by atoms with Crippen LogP contribution in [0.3, 0.4) is 0 Å². The van der Waals surface area contributed by atoms with Gasteiger partial charge in [0.25, 0.3) is 5.91 Å². The Morgan fingerprint density at radius 3 is 2.78 bits per heavy atom. The predicted octanol–water partition coefficient (Wildman–Crippen LogP) is 1.41. The van der Waals surface area contributed by atoms with Gasteiger partial charge in [-0.25, -0.2) is 0 Å². The third kappa shape index (κ3) is 3.23. The largest absolute Gasteiger partial charge is 0.483 e. The monoisotopic (exact) mass is 248 g/mol. The molecule has 1 aromatic rings. The molecule has 0 bridgehead atoms. The van der Waals surface area contributed by atoms with Crippen molar-refractivity contribution in [3.8, 4) is 5.75 Å². The first-order chi connectivity index (χ1) is 8.81. The van der Waals surface area contributed by atoms with Gasteiger partial charge in [-0.15, -0.1) is 0 Å². The molecule has 1 fully saturated rings. The lowest BCUT2D eigenvalue weighted by Gasteiger charge is -2.16. The van der Waals surface area contributed by atoms with Crippen LogP contribution in [0.15, 0.2) is 24.3 Å². The molecule has 2 rings (SSSR count). The average molecular weight is 248 g/mol. The number of likely N-dealkylation sites (tertiary alicyclic amines) is 1. The highest BCUT2D eigenvalue weighted by Gasteiger charge is 2.18. The number of hydrogen-bond donors (Lipinski definition) is 1. The normalized spacial score (nSPS) is 14.8. The molecule has 0 aliphatic carbocycles. The van der Waals surface area contributed by atoms with E-state index in [1.807, 2.05) is 36.2 Å². The number of amides is 1. The molecule has 0 spiro atoms. The molecular formula is C14H20N2O2. The highest BCUT2D eigenvalue weighted by atomic mass is 16.5. The van der Waals surface area contributed by atoms with Crippen molar-refractivity contribution < 1.29 is 9.53 Å². The number of ether oxygens (including phenoxy) is 1. The Kier molecular flexibility index (Phi) is 4.59. The third-order valence-corrected chi connectivity index (χ3v) is 3.15. The number of carbonyl (C=O) groups is 1. The first kappa shape index (κ1) is 12.9. The van der Waals surface area contributed by atoms with Gasteiger partial charge >= 0.3 is 0 Å². The Balaban J connectivity index is 1.90. The molecule has 4 heteroatoms. The SMILES string of the molecule is CNCc1ccccc1OCC(=O)N1CCCC1. The Morgan fingerprint density at radius 2 is 2.06 bits per heavy atom. The topological polar surface area (TPSA) is 41.6 Å². The summed E-state index contributed by atoms with van der Waals surface area (Å²) in [6, 6.07) is 7.81. The fourth-order valence-corrected chi connectivity index (χ4v) is 2.18. The Labute approximate surface area is 108 Å². The van der Waals surface area contributed by atoms with Crippen molar-refractivity contribution in [1.29, 1.82) is 0 Å². The molecule has 1 N–H and O–H groups in total. The standard InChI is InChI=1S/C14H20N2O2/c1-15-10-12-6-2-3-7-13(12)18-11-14(17)16-8-4-5-9-16/h2-3,6-7,15H,4-5,8-11H2,1H3. The lowest BCUT2D eigenvalue weighted by atomic mass is 10.2. The number of hydrogen-bond acceptors (Lipinski definition) is 3. The molecule has 4 nitrogen and oxygen atoms in total. The van der Waals surface area contributed by atoms with E-state index in [-0.39, 0.29) is 12.5 Å². The van der Waals surface area contributed by atoms with Crippen molar-refractivity contribution in [2.45, 2.75) is 19.4 Å². The zero-order chi connectivity index (χ0) is 12.8. The van der Waals surface area contributed by atoms with E-state index in [1.165, 1.54) is 0 Å². The third-order valence-electron chi connectivity index (χ3n) is 3.15. The van der Waals surface area contributed by atoms with Crippen molar-refractivity contribution >= 4 is 5.91 Å². The van der Waals surface area contributed by atoms with Crippen LogP contribution in [-0.4, -0.2) is 37.6 Å². The summed E-state index contributed by atoms with van der Waals surface area (Å²) in [4.78, 5) is 13.7. The zero-order valence-electron chi connectivity index (χ0n) is 10.8. The second-order valence-corrected chi connectivity index (χ2v) is 4.51. The lowest BCUT2D eigenvalue weighted by molar-refractivity contribution is -0.132. The van der Waals surface area contributed by atoms with Crippen molar-refractivity contribution in [2.75, 3.05) is 26.7 Å². The minimum Gasteiger partial charge on any atom is -0.483 e. The molecule has 1 aliphatic heterocycles. The molecule has 0 radical (unpaired) electrons. The van der Waals surface area contributed by atoms with Crippen LogP contribution < -0.4 is 10.1 Å². The maximum Gasteiger partial charge on any atom is 0.260 e. The van der Waals surface area contributed by atoms with Gasteiger partial charge < -0.3 is 15.0 Å². The molecule has 1 aromatic carbocycles. The van der Waals surface area contributed by atoms with E-state index in [1.54, 1.807) is 0 Å². The second kappa shape index (κ2) is 6.40. The van der Waals surface area contributed by atoms with Gasteiger partial charge in [0.05, 0.1) is 0 Å². The average Bonchev–Trinajstić information content (AvgIpc) is 2.92. The molecule has 0 unspecified atom stereocenters. The Bertz CT molecular complexity index is 401. The van der Waals surface area contributed by atoms with Crippen LogP contribution in [0.2, 0.25) is 0 Å². The highest BCUT2D eigenvalue weighted by Crippen LogP contribution is 2.18. The molecule has 1 heterocycles. The minimum atomic E-state index is 0.0896. The number of para-hydroxylation sites is 1. The maximum atomic E-state index is 11.9. The van der Waals surface area contributed by atoms with E-state index in [9.17, 15) is 4.79 Å².